The number of rotatable bonds is 43. The second kappa shape index (κ2) is 41.1. The zero-order valence-electron chi connectivity index (χ0n) is 51.4. The van der Waals surface area contributed by atoms with E-state index in [0.717, 1.165) is 6.92 Å². The van der Waals surface area contributed by atoms with Crippen molar-refractivity contribution in [1.29, 1.82) is 0 Å². The van der Waals surface area contributed by atoms with Gasteiger partial charge in [0.2, 0.25) is 65.0 Å². The Bertz CT molecular complexity index is 2480. The van der Waals surface area contributed by atoms with Crippen LogP contribution < -0.4 is 87.6 Å². The summed E-state index contributed by atoms with van der Waals surface area (Å²) < 4.78 is 0. The van der Waals surface area contributed by atoms with E-state index in [0.29, 0.717) is 24.8 Å². The first-order valence-electron chi connectivity index (χ1n) is 29.5. The number of aliphatic carboxylic acids is 1. The molecule has 496 valence electrons. The van der Waals surface area contributed by atoms with Crippen molar-refractivity contribution in [2.75, 3.05) is 32.8 Å². The van der Waals surface area contributed by atoms with Gasteiger partial charge in [0.1, 0.15) is 54.4 Å². The molecule has 0 unspecified atom stereocenters. The average molecular weight is 1250 g/mol. The molecule has 0 heterocycles. The van der Waals surface area contributed by atoms with E-state index in [1.54, 1.807) is 71.9 Å². The number of nitrogens with zero attached hydrogens (tertiary/aromatic N) is 1. The number of aliphatic imine (C=N–C) groups is 1. The highest BCUT2D eigenvalue weighted by atomic mass is 16.4. The lowest BCUT2D eigenvalue weighted by Crippen LogP contribution is -2.61. The van der Waals surface area contributed by atoms with E-state index in [4.69, 9.17) is 34.4 Å². The van der Waals surface area contributed by atoms with Crippen LogP contribution in [0.1, 0.15) is 118 Å². The lowest BCUT2D eigenvalue weighted by Gasteiger charge is -2.29. The molecule has 25 N–H and O–H groups in total. The summed E-state index contributed by atoms with van der Waals surface area (Å²) in [6.45, 7) is 9.84. The topological polar surface area (TPSA) is 554 Å². The van der Waals surface area contributed by atoms with Crippen LogP contribution in [0, 0.1) is 17.8 Å². The monoisotopic (exact) mass is 1250 g/mol. The summed E-state index contributed by atoms with van der Waals surface area (Å²) in [5, 5.41) is 54.5. The standard InChI is InChI=1S/C56H97N17O15/c1-8-31(6)44(73-48(80)36(20-13-15-23-58)66-50(82)38(26-40(59)76)69-52(84)43(30(4)5)72-51(83)42(60)29(2)3)53(85)67-34(21-16-24-63-56(61)62)46(78)64-27-41(77)71-45(32(7)75)54(86)68-37(25-33-17-10-9-11-18-33)49(81)65-35(19-12-14-22-57)47(79)70-39(28-74)55(87)88/h9-11,17-18,29-32,34-39,42-45,74-75H,8,12-16,19-28,57-58,60H2,1-7H3,(H2,59,76)(H,64,78)(H,65,81)(H,66,82)(H,67,85)(H,68,86)(H,69,84)(H,70,79)(H,71,77)(H,72,83)(H,73,80)(H,87,88)(H4,61,62,63)/t31-,32+,34-,35-,36-,37-,38-,39-,42-,43-,44-,45-/m0/s1. The van der Waals surface area contributed by atoms with Gasteiger partial charge in [-0.2, -0.15) is 0 Å². The molecule has 0 aliphatic rings. The van der Waals surface area contributed by atoms with E-state index in [9.17, 15) is 72.9 Å². The van der Waals surface area contributed by atoms with Crippen molar-refractivity contribution in [2.24, 2.45) is 57.1 Å². The molecule has 1 aromatic carbocycles. The van der Waals surface area contributed by atoms with Gasteiger partial charge in [0.25, 0.3) is 0 Å². The summed E-state index contributed by atoms with van der Waals surface area (Å²) in [6, 6.07) is -6.01. The maximum Gasteiger partial charge on any atom is 0.328 e. The van der Waals surface area contributed by atoms with Gasteiger partial charge in [-0.25, -0.2) is 4.79 Å². The zero-order valence-corrected chi connectivity index (χ0v) is 51.4. The summed E-state index contributed by atoms with van der Waals surface area (Å²) in [5.41, 5.74) is 34.4. The largest absolute Gasteiger partial charge is 0.480 e. The van der Waals surface area contributed by atoms with Crippen molar-refractivity contribution < 1.29 is 72.9 Å². The van der Waals surface area contributed by atoms with Crippen molar-refractivity contribution in [3.8, 4) is 0 Å². The predicted octanol–water partition coefficient (Wildman–Crippen LogP) is -5.96. The van der Waals surface area contributed by atoms with Crippen molar-refractivity contribution in [1.82, 2.24) is 53.2 Å². The SMILES string of the molecule is CC[C@H](C)[C@H](NC(=O)[C@H](CCCCN)NC(=O)[C@H](CC(N)=O)NC(=O)[C@@H](NC(=O)[C@@H](N)C(C)C)C(C)C)C(=O)N[C@@H](CCCN=C(N)N)C(=O)NCC(=O)N[C@H](C(=O)N[C@@H](Cc1ccccc1)C(=O)N[C@@H](CCCCN)C(=O)N[C@@H](CO)C(=O)O)[C@@H](C)O. The Morgan fingerprint density at radius 2 is 0.977 bits per heavy atom. The van der Waals surface area contributed by atoms with Crippen molar-refractivity contribution in [3.63, 3.8) is 0 Å². The van der Waals surface area contributed by atoms with Crippen molar-refractivity contribution in [2.45, 2.75) is 186 Å². The molecule has 32 nitrogen and oxygen atoms in total. The molecule has 0 spiro atoms. The van der Waals surface area contributed by atoms with Crippen LogP contribution in [0.4, 0.5) is 0 Å². The van der Waals surface area contributed by atoms with Crippen LogP contribution in [0.15, 0.2) is 35.3 Å². The van der Waals surface area contributed by atoms with Crippen molar-refractivity contribution in [3.05, 3.63) is 35.9 Å². The van der Waals surface area contributed by atoms with E-state index < -0.39 is 169 Å². The van der Waals surface area contributed by atoms with E-state index in [1.165, 1.54) is 0 Å². The Morgan fingerprint density at radius 3 is 1.47 bits per heavy atom. The normalized spacial score (nSPS) is 15.2. The van der Waals surface area contributed by atoms with Gasteiger partial charge >= 0.3 is 5.97 Å². The number of nitrogens with two attached hydrogens (primary N) is 6. The van der Waals surface area contributed by atoms with Gasteiger partial charge < -0.3 is 103 Å². The first kappa shape index (κ1) is 77.9. The highest BCUT2D eigenvalue weighted by molar-refractivity contribution is 5.99. The Morgan fingerprint density at radius 1 is 0.523 bits per heavy atom. The molecule has 0 fully saturated rings. The second-order valence-electron chi connectivity index (χ2n) is 22.1. The minimum absolute atomic E-state index is 0.0139. The zero-order chi connectivity index (χ0) is 66.8. The minimum Gasteiger partial charge on any atom is -0.480 e. The quantitative estimate of drug-likeness (QED) is 0.0164. The second-order valence-corrected chi connectivity index (χ2v) is 22.1. The number of amides is 11. The summed E-state index contributed by atoms with van der Waals surface area (Å²) in [5.74, 6) is -13.4. The Balaban J connectivity index is 3.50. The summed E-state index contributed by atoms with van der Waals surface area (Å²) in [6.07, 6.45) is -0.936. The molecule has 0 aliphatic heterocycles. The first-order chi connectivity index (χ1) is 41.4. The molecule has 0 radical (unpaired) electrons. The molecule has 0 aromatic heterocycles. The van der Waals surface area contributed by atoms with E-state index in [-0.39, 0.29) is 76.5 Å². The van der Waals surface area contributed by atoms with Gasteiger partial charge in [-0.3, -0.25) is 57.7 Å². The molecule has 0 saturated heterocycles. The van der Waals surface area contributed by atoms with Gasteiger partial charge in [0, 0.05) is 13.0 Å². The number of hydrogen-bond acceptors (Lipinski definition) is 18. The number of carboxylic acid groups (broad SMARTS) is 1. The molecule has 32 heteroatoms. The fourth-order valence-electron chi connectivity index (χ4n) is 8.52. The summed E-state index contributed by atoms with van der Waals surface area (Å²) >= 11 is 0. The number of aliphatic hydroxyl groups is 2. The number of carbonyl (C=O) groups excluding carboxylic acids is 11. The van der Waals surface area contributed by atoms with E-state index in [2.05, 4.69) is 58.2 Å². The number of guanidine groups is 1. The third-order valence-electron chi connectivity index (χ3n) is 14.1. The van der Waals surface area contributed by atoms with Gasteiger partial charge in [0.05, 0.1) is 31.7 Å². The maximum atomic E-state index is 14.3. The Labute approximate surface area is 512 Å². The Kier molecular flexibility index (Phi) is 36.4. The van der Waals surface area contributed by atoms with Crippen LogP contribution in [-0.2, 0) is 64.0 Å². The highest BCUT2D eigenvalue weighted by Crippen LogP contribution is 2.14. The number of benzene rings is 1. The summed E-state index contributed by atoms with van der Waals surface area (Å²) in [7, 11) is 0. The van der Waals surface area contributed by atoms with E-state index >= 15 is 0 Å². The molecule has 1 rings (SSSR count). The minimum atomic E-state index is -1.77. The van der Waals surface area contributed by atoms with Crippen LogP contribution in [0.5, 0.6) is 0 Å². The molecule has 0 bridgehead atoms. The Hall–Kier alpha value is -8.07. The fourth-order valence-corrected chi connectivity index (χ4v) is 8.52. The number of unbranched alkanes of at least 4 members (excludes halogenated alkanes) is 2. The number of nitrogens with one attached hydrogen (secondary N) is 10. The molecular formula is C56H97N17O15. The van der Waals surface area contributed by atoms with E-state index in [1.807, 2.05) is 0 Å². The molecular weight excluding hydrogens is 1150 g/mol. The maximum absolute atomic E-state index is 14.3. The summed E-state index contributed by atoms with van der Waals surface area (Å²) in [4.78, 5) is 166. The molecule has 0 aliphatic carbocycles. The van der Waals surface area contributed by atoms with Gasteiger partial charge in [-0.15, -0.1) is 0 Å². The lowest BCUT2D eigenvalue weighted by atomic mass is 9.96. The molecule has 11 amide bonds. The smallest absolute Gasteiger partial charge is 0.328 e. The van der Waals surface area contributed by atoms with Crippen LogP contribution in [0.2, 0.25) is 0 Å². The van der Waals surface area contributed by atoms with Crippen LogP contribution in [0.3, 0.4) is 0 Å². The van der Waals surface area contributed by atoms with Crippen LogP contribution in [0.25, 0.3) is 0 Å². The number of aliphatic hydroxyl groups excluding tert-OH is 2. The number of carboxylic acids is 1. The average Bonchev–Trinajstić information content (AvgIpc) is 3.65. The lowest BCUT2D eigenvalue weighted by molar-refractivity contribution is -0.143. The molecule has 0 saturated carbocycles. The van der Waals surface area contributed by atoms with Gasteiger partial charge in [-0.1, -0.05) is 78.3 Å². The van der Waals surface area contributed by atoms with Crippen molar-refractivity contribution >= 4 is 76.9 Å². The molecule has 88 heavy (non-hydrogen) atoms. The molecule has 1 aromatic rings. The highest BCUT2D eigenvalue weighted by Gasteiger charge is 2.37. The van der Waals surface area contributed by atoms with Gasteiger partial charge in [-0.05, 0) is 94.7 Å². The number of hydrogen-bond donors (Lipinski definition) is 19. The van der Waals surface area contributed by atoms with Gasteiger partial charge in [0.15, 0.2) is 5.96 Å². The number of primary amides is 1. The third kappa shape index (κ3) is 29.1. The first-order valence-corrected chi connectivity index (χ1v) is 29.5. The predicted molar refractivity (Wildman–Crippen MR) is 324 cm³/mol. The third-order valence-corrected chi connectivity index (χ3v) is 14.1. The van der Waals surface area contributed by atoms with Crippen LogP contribution >= 0.6 is 0 Å². The molecule has 12 atom stereocenters. The number of carbonyl (C=O) groups is 12. The fraction of sp³-hybridized carbons (Fsp3) is 0.661. The van der Waals surface area contributed by atoms with Crippen LogP contribution in [-0.4, -0.2) is 192 Å².